The van der Waals surface area contributed by atoms with E-state index < -0.39 is 25.1 Å². The van der Waals surface area contributed by atoms with Gasteiger partial charge < -0.3 is 5.11 Å². The van der Waals surface area contributed by atoms with Crippen molar-refractivity contribution in [1.29, 1.82) is 0 Å². The van der Waals surface area contributed by atoms with Crippen molar-refractivity contribution in [1.82, 2.24) is 0 Å². The Morgan fingerprint density at radius 3 is 2.00 bits per heavy atom. The second-order valence-electron chi connectivity index (χ2n) is 6.57. The lowest BCUT2D eigenvalue weighted by molar-refractivity contribution is 0.476. The first kappa shape index (κ1) is 20.9. The highest BCUT2D eigenvalue weighted by Gasteiger charge is 2.19. The highest BCUT2D eigenvalue weighted by atomic mass is 32.2. The Hall–Kier alpha value is -3.38. The summed E-state index contributed by atoms with van der Waals surface area (Å²) < 4.78 is 65.9. The predicted molar refractivity (Wildman–Crippen MR) is 113 cm³/mol. The number of phenols is 1. The number of fused-ring (bicyclic) bond motifs is 2. The van der Waals surface area contributed by atoms with E-state index in [1.807, 2.05) is 0 Å². The second-order valence-corrected chi connectivity index (χ2v) is 9.35. The molecule has 0 radical (unpaired) electrons. The van der Waals surface area contributed by atoms with E-state index in [9.17, 15) is 31.0 Å². The third-order valence-electron chi connectivity index (χ3n) is 4.63. The fourth-order valence-electron chi connectivity index (χ4n) is 3.30. The van der Waals surface area contributed by atoms with Gasteiger partial charge in [0.2, 0.25) is 0 Å². The van der Waals surface area contributed by atoms with Crippen LogP contribution in [0, 0.1) is 0 Å². The van der Waals surface area contributed by atoms with Crippen LogP contribution >= 0.6 is 0 Å². The van der Waals surface area contributed by atoms with Gasteiger partial charge in [-0.3, -0.25) is 9.11 Å². The number of benzene rings is 4. The number of aromatic hydroxyl groups is 1. The highest BCUT2D eigenvalue weighted by Crippen LogP contribution is 2.40. The molecule has 11 heteroatoms. The van der Waals surface area contributed by atoms with E-state index in [0.29, 0.717) is 10.8 Å². The molecule has 4 rings (SSSR count). The molecule has 0 heterocycles. The molecule has 158 valence electrons. The molecule has 0 saturated carbocycles. The summed E-state index contributed by atoms with van der Waals surface area (Å²) in [6.07, 6.45) is 0. The molecule has 4 aromatic carbocycles. The summed E-state index contributed by atoms with van der Waals surface area (Å²) in [6.45, 7) is 0. The number of hydrogen-bond donors (Lipinski definition) is 3. The molecule has 0 saturated heterocycles. The molecular weight excluding hydrogens is 444 g/mol. The van der Waals surface area contributed by atoms with Gasteiger partial charge in [-0.25, -0.2) is 0 Å². The van der Waals surface area contributed by atoms with Crippen LogP contribution in [0.1, 0.15) is 0 Å². The van der Waals surface area contributed by atoms with E-state index in [1.54, 1.807) is 24.3 Å². The quantitative estimate of drug-likeness (QED) is 0.298. The molecule has 9 nitrogen and oxygen atoms in total. The summed E-state index contributed by atoms with van der Waals surface area (Å²) in [6, 6.07) is 15.7. The van der Waals surface area contributed by atoms with Crippen LogP contribution < -0.4 is 0 Å². The maximum atomic E-state index is 11.8. The van der Waals surface area contributed by atoms with E-state index in [2.05, 4.69) is 10.2 Å². The molecule has 0 bridgehead atoms. The Morgan fingerprint density at radius 1 is 0.645 bits per heavy atom. The van der Waals surface area contributed by atoms with Gasteiger partial charge in [-0.05, 0) is 29.7 Å². The summed E-state index contributed by atoms with van der Waals surface area (Å²) in [7, 11) is -9.09. The van der Waals surface area contributed by atoms with Crippen molar-refractivity contribution < 1.29 is 31.0 Å². The maximum Gasteiger partial charge on any atom is 0.295 e. The lowest BCUT2D eigenvalue weighted by atomic mass is 10.1. The Morgan fingerprint density at radius 2 is 1.32 bits per heavy atom. The zero-order valence-corrected chi connectivity index (χ0v) is 17.2. The van der Waals surface area contributed by atoms with E-state index in [4.69, 9.17) is 0 Å². The van der Waals surface area contributed by atoms with Crippen LogP contribution in [0.2, 0.25) is 0 Å². The Balaban J connectivity index is 1.97. The number of nitrogens with zero attached hydrogens (tertiary/aromatic N) is 2. The smallest absolute Gasteiger partial charge is 0.295 e. The molecule has 0 aliphatic carbocycles. The number of phenolic OH excluding ortho intramolecular Hbond substituents is 1. The van der Waals surface area contributed by atoms with Crippen molar-refractivity contribution in [3.8, 4) is 5.75 Å². The molecule has 4 aromatic rings. The fourth-order valence-corrected chi connectivity index (χ4v) is 4.72. The lowest BCUT2D eigenvalue weighted by Gasteiger charge is -2.09. The van der Waals surface area contributed by atoms with Gasteiger partial charge in [0.25, 0.3) is 20.2 Å². The minimum Gasteiger partial charge on any atom is -0.506 e. The van der Waals surface area contributed by atoms with E-state index in [-0.39, 0.29) is 32.8 Å². The monoisotopic (exact) mass is 458 g/mol. The molecule has 0 spiro atoms. The standard InChI is InChI=1S/C20H14N2O7S2/c23-16-10-8-12-4-3-7-18(31(27,28)29)19(12)20(16)22-21-15-9-11-17(30(24,25)26)14-6-2-1-5-13(14)15/h1-11,23H,(H,24,25,26)(H,27,28,29). The van der Waals surface area contributed by atoms with Crippen LogP contribution in [0.5, 0.6) is 5.75 Å². The zero-order valence-electron chi connectivity index (χ0n) is 15.5. The van der Waals surface area contributed by atoms with Gasteiger partial charge in [-0.2, -0.15) is 16.8 Å². The maximum absolute atomic E-state index is 11.8. The van der Waals surface area contributed by atoms with Gasteiger partial charge in [0.05, 0.1) is 5.69 Å². The minimum atomic E-state index is -4.62. The lowest BCUT2D eigenvalue weighted by Crippen LogP contribution is -1.99. The minimum absolute atomic E-state index is 0.0207. The largest absolute Gasteiger partial charge is 0.506 e. The molecule has 0 amide bonds. The molecule has 0 aromatic heterocycles. The summed E-state index contributed by atoms with van der Waals surface area (Å²) >= 11 is 0. The van der Waals surface area contributed by atoms with Crippen LogP contribution in [0.3, 0.4) is 0 Å². The van der Waals surface area contributed by atoms with Crippen LogP contribution in [-0.4, -0.2) is 31.0 Å². The number of rotatable bonds is 4. The molecular formula is C20H14N2O7S2. The normalized spacial score (nSPS) is 12.7. The molecule has 0 atom stereocenters. The van der Waals surface area contributed by atoms with E-state index in [1.165, 1.54) is 42.5 Å². The average Bonchev–Trinajstić information content (AvgIpc) is 2.71. The van der Waals surface area contributed by atoms with E-state index in [0.717, 1.165) is 0 Å². The summed E-state index contributed by atoms with van der Waals surface area (Å²) in [5, 5.41) is 19.3. The van der Waals surface area contributed by atoms with Crippen LogP contribution in [0.15, 0.2) is 86.7 Å². The number of hydrogen-bond acceptors (Lipinski definition) is 7. The molecule has 31 heavy (non-hydrogen) atoms. The fraction of sp³-hybridized carbons (Fsp3) is 0. The molecule has 0 aliphatic heterocycles. The molecule has 0 aliphatic rings. The third kappa shape index (κ3) is 3.86. The van der Waals surface area contributed by atoms with Crippen molar-refractivity contribution in [2.45, 2.75) is 9.79 Å². The Bertz CT molecular complexity index is 1600. The zero-order chi connectivity index (χ0) is 22.4. The summed E-state index contributed by atoms with van der Waals surface area (Å²) in [5.74, 6) is -0.369. The summed E-state index contributed by atoms with van der Waals surface area (Å²) in [4.78, 5) is -0.745. The molecule has 3 N–H and O–H groups in total. The highest BCUT2D eigenvalue weighted by molar-refractivity contribution is 7.86. The SMILES string of the molecule is O=S(=O)(O)c1ccc(N=Nc2c(O)ccc3cccc(S(=O)(=O)O)c23)c2ccccc12. The van der Waals surface area contributed by atoms with Crippen LogP contribution in [-0.2, 0) is 20.2 Å². The first-order chi connectivity index (χ1) is 14.6. The van der Waals surface area contributed by atoms with Crippen LogP contribution in [0.25, 0.3) is 21.5 Å². The first-order valence-corrected chi connectivity index (χ1v) is 11.6. The van der Waals surface area contributed by atoms with Crippen molar-refractivity contribution in [3.63, 3.8) is 0 Å². The predicted octanol–water partition coefficient (Wildman–Crippen LogP) is 4.61. The van der Waals surface area contributed by atoms with Crippen molar-refractivity contribution in [2.24, 2.45) is 10.2 Å². The molecule has 0 unspecified atom stereocenters. The topological polar surface area (TPSA) is 154 Å². The summed E-state index contributed by atoms with van der Waals surface area (Å²) in [5.41, 5.74) is 0.0254. The van der Waals surface area contributed by atoms with Gasteiger partial charge >= 0.3 is 0 Å². The average molecular weight is 458 g/mol. The van der Waals surface area contributed by atoms with Crippen molar-refractivity contribution >= 4 is 53.2 Å². The van der Waals surface area contributed by atoms with Gasteiger partial charge in [0.1, 0.15) is 21.2 Å². The van der Waals surface area contributed by atoms with Crippen molar-refractivity contribution in [2.75, 3.05) is 0 Å². The van der Waals surface area contributed by atoms with Crippen molar-refractivity contribution in [3.05, 3.63) is 66.7 Å². The Kier molecular flexibility index (Phi) is 4.98. The van der Waals surface area contributed by atoms with Gasteiger partial charge in [0, 0.05) is 16.2 Å². The first-order valence-electron chi connectivity index (χ1n) is 8.70. The Labute approximate surface area is 176 Å². The third-order valence-corrected chi connectivity index (χ3v) is 6.44. The van der Waals surface area contributed by atoms with Gasteiger partial charge in [-0.15, -0.1) is 10.2 Å². The molecule has 0 fully saturated rings. The van der Waals surface area contributed by atoms with Crippen LogP contribution in [0.4, 0.5) is 11.4 Å². The number of azo groups is 1. The second kappa shape index (κ2) is 7.39. The van der Waals surface area contributed by atoms with Gasteiger partial charge in [0.15, 0.2) is 0 Å². The van der Waals surface area contributed by atoms with E-state index >= 15 is 0 Å². The van der Waals surface area contributed by atoms with Gasteiger partial charge in [-0.1, -0.05) is 42.5 Å².